The lowest BCUT2D eigenvalue weighted by Crippen LogP contribution is -2.38. The highest BCUT2D eigenvalue weighted by molar-refractivity contribution is 5.95. The average molecular weight is 332 g/mol. The van der Waals surface area contributed by atoms with E-state index in [4.69, 9.17) is 0 Å². The van der Waals surface area contributed by atoms with Gasteiger partial charge in [-0.2, -0.15) is 10.2 Å². The zero-order valence-electron chi connectivity index (χ0n) is 14.6. The molecule has 2 aromatic rings. The van der Waals surface area contributed by atoms with Crippen molar-refractivity contribution in [3.63, 3.8) is 0 Å². The third kappa shape index (κ3) is 4.68. The van der Waals surface area contributed by atoms with Gasteiger partial charge < -0.3 is 10.6 Å². The fourth-order valence-corrected chi connectivity index (χ4v) is 2.49. The summed E-state index contributed by atoms with van der Waals surface area (Å²) in [5.41, 5.74) is 3.29. The second kappa shape index (κ2) is 7.76. The Morgan fingerprint density at radius 3 is 2.38 bits per heavy atom. The lowest BCUT2D eigenvalue weighted by molar-refractivity contribution is -0.120. The maximum atomic E-state index is 12.0. The van der Waals surface area contributed by atoms with Crippen molar-refractivity contribution in [2.45, 2.75) is 33.7 Å². The second-order valence-corrected chi connectivity index (χ2v) is 5.83. The van der Waals surface area contributed by atoms with Crippen LogP contribution < -0.4 is 10.6 Å². The molecular weight excluding hydrogens is 308 g/mol. The minimum Gasteiger partial charge on any atom is -0.355 e. The highest BCUT2D eigenvalue weighted by atomic mass is 16.2. The molecule has 0 aliphatic carbocycles. The lowest BCUT2D eigenvalue weighted by Gasteiger charge is -2.08. The maximum absolute atomic E-state index is 12.0. The minimum atomic E-state index is -0.309. The Morgan fingerprint density at radius 2 is 1.79 bits per heavy atom. The van der Waals surface area contributed by atoms with Crippen LogP contribution in [-0.2, 0) is 18.4 Å². The van der Waals surface area contributed by atoms with Gasteiger partial charge in [0.25, 0.3) is 5.91 Å². The van der Waals surface area contributed by atoms with E-state index in [1.165, 1.54) is 4.68 Å². The fraction of sp³-hybridized carbons (Fsp3) is 0.500. The molecule has 0 aliphatic rings. The van der Waals surface area contributed by atoms with Gasteiger partial charge in [0, 0.05) is 25.8 Å². The number of hydrogen-bond donors (Lipinski definition) is 2. The van der Waals surface area contributed by atoms with E-state index in [2.05, 4.69) is 20.8 Å². The number of rotatable bonds is 7. The summed E-state index contributed by atoms with van der Waals surface area (Å²) in [6.07, 6.45) is 0.780. The first-order chi connectivity index (χ1) is 11.4. The van der Waals surface area contributed by atoms with Gasteiger partial charge in [-0.3, -0.25) is 19.0 Å². The molecule has 0 saturated heterocycles. The molecule has 0 aliphatic heterocycles. The monoisotopic (exact) mass is 332 g/mol. The summed E-state index contributed by atoms with van der Waals surface area (Å²) in [6, 6.07) is 3.70. The predicted molar refractivity (Wildman–Crippen MR) is 89.6 cm³/mol. The van der Waals surface area contributed by atoms with Crippen LogP contribution in [0.1, 0.15) is 34.0 Å². The molecule has 0 bridgehead atoms. The molecule has 130 valence electrons. The van der Waals surface area contributed by atoms with E-state index >= 15 is 0 Å². The topological polar surface area (TPSA) is 93.8 Å². The van der Waals surface area contributed by atoms with Gasteiger partial charge in [-0.05, 0) is 39.3 Å². The van der Waals surface area contributed by atoms with Crippen LogP contribution in [0.15, 0.2) is 12.1 Å². The smallest absolute Gasteiger partial charge is 0.269 e. The molecule has 2 N–H and O–H groups in total. The molecule has 0 atom stereocenters. The van der Waals surface area contributed by atoms with Gasteiger partial charge in [0.15, 0.2) is 0 Å². The first kappa shape index (κ1) is 17.7. The Balaban J connectivity index is 1.67. The molecule has 2 heterocycles. The molecule has 8 heteroatoms. The summed E-state index contributed by atoms with van der Waals surface area (Å²) in [7, 11) is 1.70. The summed E-state index contributed by atoms with van der Waals surface area (Å²) < 4.78 is 3.42. The first-order valence-corrected chi connectivity index (χ1v) is 7.93. The van der Waals surface area contributed by atoms with Crippen molar-refractivity contribution >= 4 is 11.8 Å². The first-order valence-electron chi connectivity index (χ1n) is 7.93. The SMILES string of the molecule is Cc1cc(C(=O)NCC(=O)NCCCn2nc(C)cc2C)n(C)n1. The van der Waals surface area contributed by atoms with E-state index < -0.39 is 0 Å². The van der Waals surface area contributed by atoms with E-state index in [0.29, 0.717) is 12.2 Å². The predicted octanol–water partition coefficient (Wildman–Crippen LogP) is 0.478. The van der Waals surface area contributed by atoms with E-state index in [-0.39, 0.29) is 18.4 Å². The molecule has 0 unspecified atom stereocenters. The number of amides is 2. The molecule has 0 radical (unpaired) electrons. The van der Waals surface area contributed by atoms with E-state index in [9.17, 15) is 9.59 Å². The summed E-state index contributed by atoms with van der Waals surface area (Å²) >= 11 is 0. The van der Waals surface area contributed by atoms with Crippen LogP contribution in [0.3, 0.4) is 0 Å². The van der Waals surface area contributed by atoms with Gasteiger partial charge in [0.1, 0.15) is 5.69 Å². The number of carbonyl (C=O) groups excluding carboxylic acids is 2. The van der Waals surface area contributed by atoms with Gasteiger partial charge in [-0.1, -0.05) is 0 Å². The van der Waals surface area contributed by atoms with Crippen LogP contribution in [0, 0.1) is 20.8 Å². The molecule has 2 amide bonds. The standard InChI is InChI=1S/C16H24N6O2/c1-11-8-13(3)22(20-11)7-5-6-17-15(23)10-18-16(24)14-9-12(2)19-21(14)4/h8-9H,5-7,10H2,1-4H3,(H,17,23)(H,18,24). The zero-order valence-corrected chi connectivity index (χ0v) is 14.6. The fourth-order valence-electron chi connectivity index (χ4n) is 2.49. The van der Waals surface area contributed by atoms with Gasteiger partial charge in [-0.25, -0.2) is 0 Å². The largest absolute Gasteiger partial charge is 0.355 e. The quantitative estimate of drug-likeness (QED) is 0.721. The molecule has 0 fully saturated rings. The lowest BCUT2D eigenvalue weighted by atomic mass is 10.3. The number of carbonyl (C=O) groups is 2. The summed E-state index contributed by atoms with van der Waals surface area (Å²) in [4.78, 5) is 23.8. The number of nitrogens with one attached hydrogen (secondary N) is 2. The number of nitrogens with zero attached hydrogens (tertiary/aromatic N) is 4. The van der Waals surface area contributed by atoms with Gasteiger partial charge in [-0.15, -0.1) is 0 Å². The van der Waals surface area contributed by atoms with E-state index in [1.807, 2.05) is 31.5 Å². The number of hydrogen-bond acceptors (Lipinski definition) is 4. The Morgan fingerprint density at radius 1 is 1.08 bits per heavy atom. The van der Waals surface area contributed by atoms with Crippen molar-refractivity contribution in [2.24, 2.45) is 7.05 Å². The summed E-state index contributed by atoms with van der Waals surface area (Å²) in [5.74, 6) is -0.522. The minimum absolute atomic E-state index is 0.0526. The van der Waals surface area contributed by atoms with Crippen LogP contribution in [0.4, 0.5) is 0 Å². The Kier molecular flexibility index (Phi) is 5.73. The van der Waals surface area contributed by atoms with Crippen molar-refractivity contribution in [2.75, 3.05) is 13.1 Å². The van der Waals surface area contributed by atoms with Gasteiger partial charge in [0.05, 0.1) is 17.9 Å². The van der Waals surface area contributed by atoms with Crippen molar-refractivity contribution in [1.82, 2.24) is 30.2 Å². The van der Waals surface area contributed by atoms with Crippen molar-refractivity contribution in [3.8, 4) is 0 Å². The normalized spacial score (nSPS) is 10.7. The summed E-state index contributed by atoms with van der Waals surface area (Å²) in [5, 5.41) is 13.9. The third-order valence-electron chi connectivity index (χ3n) is 3.62. The second-order valence-electron chi connectivity index (χ2n) is 5.83. The molecule has 2 rings (SSSR count). The van der Waals surface area contributed by atoms with Crippen LogP contribution in [-0.4, -0.2) is 44.5 Å². The van der Waals surface area contributed by atoms with E-state index in [1.54, 1.807) is 13.1 Å². The highest BCUT2D eigenvalue weighted by Crippen LogP contribution is 2.02. The molecule has 0 aromatic carbocycles. The molecule has 0 saturated carbocycles. The molecule has 8 nitrogen and oxygen atoms in total. The van der Waals surface area contributed by atoms with Crippen molar-refractivity contribution in [3.05, 3.63) is 34.9 Å². The van der Waals surface area contributed by atoms with Crippen LogP contribution in [0.2, 0.25) is 0 Å². The Hall–Kier alpha value is -2.64. The molecule has 2 aromatic heterocycles. The van der Waals surface area contributed by atoms with Crippen LogP contribution in [0.25, 0.3) is 0 Å². The Bertz CT molecular complexity index is 731. The van der Waals surface area contributed by atoms with Crippen molar-refractivity contribution in [1.29, 1.82) is 0 Å². The van der Waals surface area contributed by atoms with Gasteiger partial charge >= 0.3 is 0 Å². The Labute approximate surface area is 141 Å². The summed E-state index contributed by atoms with van der Waals surface area (Å²) in [6.45, 7) is 7.01. The van der Waals surface area contributed by atoms with Crippen molar-refractivity contribution < 1.29 is 9.59 Å². The average Bonchev–Trinajstić information content (AvgIpc) is 3.02. The molecular formula is C16H24N6O2. The number of aryl methyl sites for hydroxylation is 5. The number of aromatic nitrogens is 4. The highest BCUT2D eigenvalue weighted by Gasteiger charge is 2.12. The van der Waals surface area contributed by atoms with Crippen LogP contribution >= 0.6 is 0 Å². The van der Waals surface area contributed by atoms with Crippen LogP contribution in [0.5, 0.6) is 0 Å². The van der Waals surface area contributed by atoms with Gasteiger partial charge in [0.2, 0.25) is 5.91 Å². The maximum Gasteiger partial charge on any atom is 0.269 e. The molecule has 0 spiro atoms. The zero-order chi connectivity index (χ0) is 17.7. The molecule has 24 heavy (non-hydrogen) atoms. The third-order valence-corrected chi connectivity index (χ3v) is 3.62. The van der Waals surface area contributed by atoms with E-state index in [0.717, 1.165) is 30.0 Å².